The van der Waals surface area contributed by atoms with Crippen molar-refractivity contribution in [2.45, 2.75) is 96.8 Å². The fourth-order valence-electron chi connectivity index (χ4n) is 2.82. The summed E-state index contributed by atoms with van der Waals surface area (Å²) in [6, 6.07) is 0. The first-order valence-electron chi connectivity index (χ1n) is 10.8. The van der Waals surface area contributed by atoms with E-state index in [1.165, 1.54) is 77.0 Å². The van der Waals surface area contributed by atoms with E-state index in [9.17, 15) is 9.59 Å². The quantitative estimate of drug-likeness (QED) is 0.136. The molecule has 0 aliphatic rings. The molecule has 26 heavy (non-hydrogen) atoms. The Balaban J connectivity index is 3.15. The van der Waals surface area contributed by atoms with Crippen LogP contribution in [0.25, 0.3) is 0 Å². The Morgan fingerprint density at radius 2 is 1.35 bits per heavy atom. The van der Waals surface area contributed by atoms with Gasteiger partial charge in [-0.3, -0.25) is 4.79 Å². The van der Waals surface area contributed by atoms with E-state index in [0.717, 1.165) is 19.1 Å². The van der Waals surface area contributed by atoms with Crippen LogP contribution >= 0.6 is 0 Å². The predicted molar refractivity (Wildman–Crippen MR) is 109 cm³/mol. The first-order valence-corrected chi connectivity index (χ1v) is 10.8. The van der Waals surface area contributed by atoms with E-state index in [0.29, 0.717) is 6.61 Å². The van der Waals surface area contributed by atoms with Crippen LogP contribution in [0.4, 0.5) is 0 Å². The van der Waals surface area contributed by atoms with Crippen LogP contribution in [0.3, 0.4) is 0 Å². The van der Waals surface area contributed by atoms with Gasteiger partial charge in [0.2, 0.25) is 0 Å². The fourth-order valence-corrected chi connectivity index (χ4v) is 2.82. The molecule has 0 rings (SSSR count). The zero-order chi connectivity index (χ0) is 19.1. The molecule has 0 unspecified atom stereocenters. The molecule has 0 radical (unpaired) electrons. The molecular formula is C22H41NO3. The number of allylic oxidation sites excluding steroid dienone is 2. The van der Waals surface area contributed by atoms with Crippen LogP contribution < -0.4 is 5.32 Å². The SMILES string of the molecule is CCCCCCCC/C=C\CCCCCCCCOC(=O)CNCC=O. The van der Waals surface area contributed by atoms with E-state index in [1.807, 2.05) is 0 Å². The molecule has 0 amide bonds. The number of carbonyl (C=O) groups is 2. The van der Waals surface area contributed by atoms with Crippen molar-refractivity contribution in [3.63, 3.8) is 0 Å². The van der Waals surface area contributed by atoms with Gasteiger partial charge in [-0.15, -0.1) is 0 Å². The molecule has 0 saturated carbocycles. The smallest absolute Gasteiger partial charge is 0.319 e. The molecule has 0 aromatic rings. The van der Waals surface area contributed by atoms with Gasteiger partial charge in [-0.05, 0) is 32.1 Å². The number of carbonyl (C=O) groups excluding carboxylic acids is 2. The van der Waals surface area contributed by atoms with Crippen LogP contribution in [0.1, 0.15) is 96.8 Å². The van der Waals surface area contributed by atoms with E-state index in [-0.39, 0.29) is 19.1 Å². The van der Waals surface area contributed by atoms with Crippen molar-refractivity contribution in [2.24, 2.45) is 0 Å². The standard InChI is InChI=1S/C22H41NO3/c1-2-3-4-5-6-7-8-9-10-11-12-13-14-15-16-17-20-26-22(25)21-23-18-19-24/h9-10,19,23H,2-8,11-18,20-21H2,1H3/b10-9-. The highest BCUT2D eigenvalue weighted by Crippen LogP contribution is 2.09. The number of aldehydes is 1. The fraction of sp³-hybridized carbons (Fsp3) is 0.818. The lowest BCUT2D eigenvalue weighted by molar-refractivity contribution is -0.142. The van der Waals surface area contributed by atoms with Crippen LogP contribution in [0.15, 0.2) is 12.2 Å². The van der Waals surface area contributed by atoms with E-state index in [2.05, 4.69) is 24.4 Å². The molecule has 0 heterocycles. The molecular weight excluding hydrogens is 326 g/mol. The maximum atomic E-state index is 11.3. The molecule has 0 aliphatic carbocycles. The van der Waals surface area contributed by atoms with Crippen LogP contribution in [-0.2, 0) is 14.3 Å². The lowest BCUT2D eigenvalue weighted by Gasteiger charge is -2.05. The summed E-state index contributed by atoms with van der Waals surface area (Å²) in [5, 5.41) is 2.69. The molecule has 0 atom stereocenters. The summed E-state index contributed by atoms with van der Waals surface area (Å²) in [6.45, 7) is 3.07. The maximum Gasteiger partial charge on any atom is 0.319 e. The molecule has 4 heteroatoms. The highest BCUT2D eigenvalue weighted by Gasteiger charge is 2.00. The van der Waals surface area contributed by atoms with Crippen molar-refractivity contribution in [1.29, 1.82) is 0 Å². The van der Waals surface area contributed by atoms with Gasteiger partial charge in [0.05, 0.1) is 19.7 Å². The topological polar surface area (TPSA) is 55.4 Å². The highest BCUT2D eigenvalue weighted by atomic mass is 16.5. The summed E-state index contributed by atoms with van der Waals surface area (Å²) in [6.07, 6.45) is 23.2. The van der Waals surface area contributed by atoms with Crippen molar-refractivity contribution in [1.82, 2.24) is 5.32 Å². The minimum Gasteiger partial charge on any atom is -0.465 e. The average molecular weight is 368 g/mol. The van der Waals surface area contributed by atoms with Crippen LogP contribution in [-0.4, -0.2) is 32.0 Å². The molecule has 4 nitrogen and oxygen atoms in total. The Morgan fingerprint density at radius 3 is 1.92 bits per heavy atom. The van der Waals surface area contributed by atoms with Crippen molar-refractivity contribution in [3.8, 4) is 0 Å². The summed E-state index contributed by atoms with van der Waals surface area (Å²) < 4.78 is 5.08. The van der Waals surface area contributed by atoms with Gasteiger partial charge in [0.25, 0.3) is 0 Å². The third kappa shape index (κ3) is 20.9. The van der Waals surface area contributed by atoms with Crippen LogP contribution in [0, 0.1) is 0 Å². The van der Waals surface area contributed by atoms with Crippen molar-refractivity contribution in [2.75, 3.05) is 19.7 Å². The van der Waals surface area contributed by atoms with E-state index in [4.69, 9.17) is 4.74 Å². The van der Waals surface area contributed by atoms with Crippen molar-refractivity contribution < 1.29 is 14.3 Å². The van der Waals surface area contributed by atoms with Gasteiger partial charge in [-0.25, -0.2) is 0 Å². The first-order chi connectivity index (χ1) is 12.8. The van der Waals surface area contributed by atoms with E-state index < -0.39 is 0 Å². The number of ether oxygens (including phenoxy) is 1. The van der Waals surface area contributed by atoms with Crippen molar-refractivity contribution >= 4 is 12.3 Å². The number of hydrogen-bond acceptors (Lipinski definition) is 4. The zero-order valence-electron chi connectivity index (χ0n) is 17.0. The summed E-state index contributed by atoms with van der Waals surface area (Å²) in [7, 11) is 0. The minimum atomic E-state index is -0.278. The summed E-state index contributed by atoms with van der Waals surface area (Å²) >= 11 is 0. The van der Waals surface area contributed by atoms with Gasteiger partial charge in [0, 0.05) is 0 Å². The number of unbranched alkanes of at least 4 members (excludes halogenated alkanes) is 12. The molecule has 0 fully saturated rings. The molecule has 0 saturated heterocycles. The summed E-state index contributed by atoms with van der Waals surface area (Å²) in [5.74, 6) is -0.278. The minimum absolute atomic E-state index is 0.116. The molecule has 0 aromatic heterocycles. The number of hydrogen-bond donors (Lipinski definition) is 1. The first kappa shape index (κ1) is 24.8. The van der Waals surface area contributed by atoms with Gasteiger partial charge in [0.15, 0.2) is 0 Å². The summed E-state index contributed by atoms with van der Waals surface area (Å²) in [4.78, 5) is 21.4. The molecule has 152 valence electrons. The normalized spacial score (nSPS) is 11.1. The maximum absolute atomic E-state index is 11.3. The molecule has 1 N–H and O–H groups in total. The molecule has 0 aromatic carbocycles. The van der Waals surface area contributed by atoms with Crippen molar-refractivity contribution in [3.05, 3.63) is 12.2 Å². The Kier molecular flexibility index (Phi) is 20.9. The second-order valence-electron chi connectivity index (χ2n) is 6.96. The number of rotatable bonds is 20. The van der Waals surface area contributed by atoms with Gasteiger partial charge < -0.3 is 14.8 Å². The average Bonchev–Trinajstić information content (AvgIpc) is 2.64. The lowest BCUT2D eigenvalue weighted by atomic mass is 10.1. The molecule has 0 aliphatic heterocycles. The number of esters is 1. The number of nitrogens with one attached hydrogen (secondary N) is 1. The van der Waals surface area contributed by atoms with Gasteiger partial charge in [0.1, 0.15) is 6.29 Å². The predicted octanol–water partition coefficient (Wildman–Crippen LogP) is 5.36. The Labute approximate surface area is 161 Å². The summed E-state index contributed by atoms with van der Waals surface area (Å²) in [5.41, 5.74) is 0. The zero-order valence-corrected chi connectivity index (χ0v) is 17.0. The Bertz CT molecular complexity index is 342. The largest absolute Gasteiger partial charge is 0.465 e. The monoisotopic (exact) mass is 367 g/mol. The second kappa shape index (κ2) is 21.9. The van der Waals surface area contributed by atoms with E-state index in [1.54, 1.807) is 0 Å². The third-order valence-corrected chi connectivity index (χ3v) is 4.42. The van der Waals surface area contributed by atoms with Crippen LogP contribution in [0.5, 0.6) is 0 Å². The second-order valence-corrected chi connectivity index (χ2v) is 6.96. The van der Waals surface area contributed by atoms with Gasteiger partial charge in [-0.2, -0.15) is 0 Å². The Morgan fingerprint density at radius 1 is 0.808 bits per heavy atom. The lowest BCUT2D eigenvalue weighted by Crippen LogP contribution is -2.26. The van der Waals surface area contributed by atoms with Gasteiger partial charge in [-0.1, -0.05) is 76.9 Å². The van der Waals surface area contributed by atoms with Gasteiger partial charge >= 0.3 is 5.97 Å². The van der Waals surface area contributed by atoms with Crippen LogP contribution in [0.2, 0.25) is 0 Å². The third-order valence-electron chi connectivity index (χ3n) is 4.42. The van der Waals surface area contributed by atoms with E-state index >= 15 is 0 Å². The molecule has 0 bridgehead atoms. The Hall–Kier alpha value is -1.16. The molecule has 0 spiro atoms. The highest BCUT2D eigenvalue weighted by molar-refractivity contribution is 5.72.